The molecule has 0 aromatic rings. The molecule has 39 heavy (non-hydrogen) atoms. The minimum absolute atomic E-state index is 0.0273. The van der Waals surface area contributed by atoms with Crippen molar-refractivity contribution in [3.63, 3.8) is 0 Å². The van der Waals surface area contributed by atoms with E-state index in [4.69, 9.17) is 0 Å². The first kappa shape index (κ1) is 32.1. The summed E-state index contributed by atoms with van der Waals surface area (Å²) in [5.41, 5.74) is 0.0706. The zero-order valence-electron chi connectivity index (χ0n) is 25.5. The van der Waals surface area contributed by atoms with Gasteiger partial charge in [-0.25, -0.2) is 0 Å². The average molecular weight is 544 g/mol. The van der Waals surface area contributed by atoms with Gasteiger partial charge in [-0.2, -0.15) is 0 Å². The van der Waals surface area contributed by atoms with Crippen LogP contribution in [0.25, 0.3) is 0 Å². The van der Waals surface area contributed by atoms with E-state index in [1.165, 1.54) is 4.90 Å². The molecule has 216 valence electrons. The maximum Gasteiger partial charge on any atom is 0.257 e. The summed E-state index contributed by atoms with van der Waals surface area (Å²) in [5, 5.41) is 0. The summed E-state index contributed by atoms with van der Waals surface area (Å²) in [6.07, 6.45) is 0.000578. The van der Waals surface area contributed by atoms with Crippen LogP contribution in [0.15, 0.2) is 22.3 Å². The summed E-state index contributed by atoms with van der Waals surface area (Å²) in [4.78, 5) is 81.4. The van der Waals surface area contributed by atoms with Gasteiger partial charge in [0.2, 0.25) is 5.91 Å². The van der Waals surface area contributed by atoms with Crippen molar-refractivity contribution in [2.75, 3.05) is 26.2 Å². The normalized spacial score (nSPS) is 17.3. The summed E-state index contributed by atoms with van der Waals surface area (Å²) in [6, 6.07) is 0. The SMILES string of the molecule is CC1=C(C(C)(C)C)C(=O)N(CCN(CCN2C(=O)C(C)=C(C(C)(C)C)C2=O)C(=O)CCC(=O)C(C)(C)C)C1=O. The lowest BCUT2D eigenvalue weighted by Crippen LogP contribution is -2.46. The summed E-state index contributed by atoms with van der Waals surface area (Å²) in [6.45, 7) is 19.8. The van der Waals surface area contributed by atoms with Gasteiger partial charge in [-0.05, 0) is 24.7 Å². The molecular formula is C30H45N3O6. The van der Waals surface area contributed by atoms with Gasteiger partial charge in [0.1, 0.15) is 5.78 Å². The number of Topliss-reactive ketones (excluding diaryl/α,β-unsaturated/α-hetero) is 1. The van der Waals surface area contributed by atoms with Crippen molar-refractivity contribution in [1.29, 1.82) is 0 Å². The lowest BCUT2D eigenvalue weighted by atomic mass is 9.84. The van der Waals surface area contributed by atoms with Gasteiger partial charge < -0.3 is 4.90 Å². The Morgan fingerprint density at radius 2 is 0.974 bits per heavy atom. The molecule has 0 N–H and O–H groups in total. The van der Waals surface area contributed by atoms with Crippen LogP contribution in [0.2, 0.25) is 0 Å². The van der Waals surface area contributed by atoms with Crippen LogP contribution in [0.3, 0.4) is 0 Å². The van der Waals surface area contributed by atoms with Gasteiger partial charge in [0, 0.05) is 66.7 Å². The molecule has 0 atom stereocenters. The smallest absolute Gasteiger partial charge is 0.257 e. The number of hydrogen-bond acceptors (Lipinski definition) is 6. The van der Waals surface area contributed by atoms with Crippen molar-refractivity contribution in [1.82, 2.24) is 14.7 Å². The first-order valence-corrected chi connectivity index (χ1v) is 13.6. The van der Waals surface area contributed by atoms with Crippen LogP contribution in [-0.2, 0) is 28.8 Å². The summed E-state index contributed by atoms with van der Waals surface area (Å²) in [5.74, 6) is -1.93. The topological polar surface area (TPSA) is 112 Å². The van der Waals surface area contributed by atoms with Crippen LogP contribution >= 0.6 is 0 Å². The minimum Gasteiger partial charge on any atom is -0.339 e. The molecule has 0 saturated heterocycles. The number of ketones is 1. The highest BCUT2D eigenvalue weighted by atomic mass is 16.2. The van der Waals surface area contributed by atoms with Gasteiger partial charge in [-0.3, -0.25) is 38.6 Å². The molecule has 0 unspecified atom stereocenters. The van der Waals surface area contributed by atoms with E-state index in [9.17, 15) is 28.8 Å². The monoisotopic (exact) mass is 543 g/mol. The van der Waals surface area contributed by atoms with Crippen molar-refractivity contribution in [3.05, 3.63) is 22.3 Å². The van der Waals surface area contributed by atoms with E-state index in [0.29, 0.717) is 22.3 Å². The standard InChI is InChI=1S/C30H45N3O6/c1-18-22(29(6,7)8)26(38)32(24(18)36)16-14-31(21(35)13-12-20(34)28(3,4)5)15-17-33-25(37)19(2)23(27(33)39)30(9,10)11/h12-17H2,1-11H3. The van der Waals surface area contributed by atoms with E-state index < -0.39 is 16.2 Å². The zero-order valence-corrected chi connectivity index (χ0v) is 25.5. The third kappa shape index (κ3) is 6.92. The molecule has 5 amide bonds. The number of rotatable bonds is 9. The van der Waals surface area contributed by atoms with Crippen LogP contribution in [0.5, 0.6) is 0 Å². The molecule has 2 aliphatic heterocycles. The van der Waals surface area contributed by atoms with Gasteiger partial charge in [0.05, 0.1) is 0 Å². The Morgan fingerprint density at radius 3 is 1.26 bits per heavy atom. The molecule has 2 heterocycles. The van der Waals surface area contributed by atoms with E-state index in [0.717, 1.165) is 9.80 Å². The van der Waals surface area contributed by atoms with Crippen LogP contribution in [0, 0.1) is 16.2 Å². The number of carbonyl (C=O) groups is 6. The van der Waals surface area contributed by atoms with Gasteiger partial charge in [0.25, 0.3) is 23.6 Å². The van der Waals surface area contributed by atoms with Crippen LogP contribution in [-0.4, -0.2) is 76.2 Å². The maximum atomic E-state index is 13.3. The quantitative estimate of drug-likeness (QED) is 0.410. The highest BCUT2D eigenvalue weighted by molar-refractivity contribution is 6.20. The predicted octanol–water partition coefficient (Wildman–Crippen LogP) is 3.67. The number of carbonyl (C=O) groups excluding carboxylic acids is 6. The fourth-order valence-electron chi connectivity index (χ4n) is 5.12. The van der Waals surface area contributed by atoms with E-state index in [2.05, 4.69) is 0 Å². The molecule has 0 bridgehead atoms. The molecule has 0 radical (unpaired) electrons. The molecule has 0 saturated carbocycles. The molecule has 9 nitrogen and oxygen atoms in total. The minimum atomic E-state index is -0.590. The van der Waals surface area contributed by atoms with E-state index in [1.54, 1.807) is 34.6 Å². The van der Waals surface area contributed by atoms with Gasteiger partial charge >= 0.3 is 0 Å². The molecule has 0 aromatic carbocycles. The van der Waals surface area contributed by atoms with Crippen molar-refractivity contribution in [2.45, 2.75) is 89.0 Å². The molecule has 2 aliphatic rings. The Bertz CT molecular complexity index is 1080. The second-order valence-electron chi connectivity index (χ2n) is 13.6. The van der Waals surface area contributed by atoms with Gasteiger partial charge in [0.15, 0.2) is 0 Å². The van der Waals surface area contributed by atoms with Gasteiger partial charge in [-0.15, -0.1) is 0 Å². The van der Waals surface area contributed by atoms with E-state index in [1.807, 2.05) is 41.5 Å². The lowest BCUT2D eigenvalue weighted by Gasteiger charge is -2.28. The summed E-state index contributed by atoms with van der Waals surface area (Å²) < 4.78 is 0. The molecule has 0 aromatic heterocycles. The average Bonchev–Trinajstić information content (AvgIpc) is 3.13. The largest absolute Gasteiger partial charge is 0.339 e. The lowest BCUT2D eigenvalue weighted by molar-refractivity contribution is -0.141. The van der Waals surface area contributed by atoms with Gasteiger partial charge in [-0.1, -0.05) is 62.3 Å². The number of imide groups is 2. The summed E-state index contributed by atoms with van der Waals surface area (Å²) >= 11 is 0. The number of amides is 5. The Labute approximate surface area is 232 Å². The van der Waals surface area contributed by atoms with Crippen LogP contribution in [0.4, 0.5) is 0 Å². The van der Waals surface area contributed by atoms with Crippen LogP contribution < -0.4 is 0 Å². The first-order valence-electron chi connectivity index (χ1n) is 13.6. The van der Waals surface area contributed by atoms with Crippen molar-refractivity contribution in [2.24, 2.45) is 16.2 Å². The Balaban J connectivity index is 2.21. The number of nitrogens with zero attached hydrogens (tertiary/aromatic N) is 3. The van der Waals surface area contributed by atoms with Crippen LogP contribution in [0.1, 0.15) is 89.0 Å². The fourth-order valence-corrected chi connectivity index (χ4v) is 5.12. The van der Waals surface area contributed by atoms with E-state index in [-0.39, 0.29) is 74.3 Å². The van der Waals surface area contributed by atoms with Crippen molar-refractivity contribution in [3.8, 4) is 0 Å². The Morgan fingerprint density at radius 1 is 0.615 bits per heavy atom. The molecule has 0 aliphatic carbocycles. The highest BCUT2D eigenvalue weighted by Crippen LogP contribution is 2.36. The zero-order chi connectivity index (χ0) is 30.2. The molecular weight excluding hydrogens is 498 g/mol. The predicted molar refractivity (Wildman–Crippen MR) is 148 cm³/mol. The number of hydrogen-bond donors (Lipinski definition) is 0. The molecule has 0 fully saturated rings. The second-order valence-corrected chi connectivity index (χ2v) is 13.6. The highest BCUT2D eigenvalue weighted by Gasteiger charge is 2.42. The molecule has 9 heteroatoms. The Hall–Kier alpha value is -3.10. The second kappa shape index (κ2) is 11.2. The molecule has 0 spiro atoms. The first-order chi connectivity index (χ1) is 17.6. The third-order valence-corrected chi connectivity index (χ3v) is 7.24. The Kier molecular flexibility index (Phi) is 9.20. The van der Waals surface area contributed by atoms with Crippen molar-refractivity contribution < 1.29 is 28.8 Å². The van der Waals surface area contributed by atoms with Crippen molar-refractivity contribution >= 4 is 35.3 Å². The molecule has 2 rings (SSSR count). The third-order valence-electron chi connectivity index (χ3n) is 7.24. The maximum absolute atomic E-state index is 13.3. The fraction of sp³-hybridized carbons (Fsp3) is 0.667. The summed E-state index contributed by atoms with van der Waals surface area (Å²) in [7, 11) is 0. The van der Waals surface area contributed by atoms with E-state index >= 15 is 0 Å².